The molecule has 0 aromatic rings. The highest BCUT2D eigenvalue weighted by atomic mass is 16.6. The van der Waals surface area contributed by atoms with Gasteiger partial charge >= 0.3 is 12.1 Å². The molecule has 0 spiro atoms. The van der Waals surface area contributed by atoms with Crippen molar-refractivity contribution in [1.29, 1.82) is 0 Å². The van der Waals surface area contributed by atoms with E-state index in [9.17, 15) is 14.7 Å². The number of ether oxygens (including phenoxy) is 1. The summed E-state index contributed by atoms with van der Waals surface area (Å²) in [7, 11) is 0. The number of carbonyl (C=O) groups excluding carboxylic acids is 1. The molecule has 1 unspecified atom stereocenters. The lowest BCUT2D eigenvalue weighted by Gasteiger charge is -2.49. The Hall–Kier alpha value is -1.26. The third-order valence-electron chi connectivity index (χ3n) is 4.35. The Kier molecular flexibility index (Phi) is 3.49. The molecule has 5 nitrogen and oxygen atoms in total. The molecule has 3 rings (SSSR count). The first kappa shape index (κ1) is 14.2. The van der Waals surface area contributed by atoms with Crippen LogP contribution >= 0.6 is 0 Å². The third-order valence-corrected chi connectivity index (χ3v) is 4.35. The van der Waals surface area contributed by atoms with Crippen molar-refractivity contribution < 1.29 is 19.4 Å². The number of rotatable bonds is 2. The van der Waals surface area contributed by atoms with Crippen LogP contribution in [0.15, 0.2) is 0 Å². The molecule has 0 heterocycles. The lowest BCUT2D eigenvalue weighted by Crippen LogP contribution is -2.58. The van der Waals surface area contributed by atoms with Crippen LogP contribution in [0.4, 0.5) is 4.79 Å². The second-order valence-corrected chi connectivity index (χ2v) is 6.84. The van der Waals surface area contributed by atoms with Gasteiger partial charge in [0.25, 0.3) is 0 Å². The maximum Gasteiger partial charge on any atom is 0.407 e. The summed E-state index contributed by atoms with van der Waals surface area (Å²) in [4.78, 5) is 23.5. The Morgan fingerprint density at radius 2 is 1.84 bits per heavy atom. The molecule has 3 fully saturated rings. The van der Waals surface area contributed by atoms with Crippen molar-refractivity contribution >= 4 is 12.1 Å². The number of nitrogens with one attached hydrogen (secondary N) is 1. The number of hydrogen-bond donors (Lipinski definition) is 2. The predicted molar refractivity (Wildman–Crippen MR) is 69.8 cm³/mol. The van der Waals surface area contributed by atoms with Gasteiger partial charge < -0.3 is 15.2 Å². The Labute approximate surface area is 113 Å². The van der Waals surface area contributed by atoms with Gasteiger partial charge in [0.2, 0.25) is 0 Å². The molecule has 0 aromatic carbocycles. The van der Waals surface area contributed by atoms with Crippen LogP contribution in [0.25, 0.3) is 0 Å². The van der Waals surface area contributed by atoms with E-state index in [4.69, 9.17) is 4.74 Å². The lowest BCUT2D eigenvalue weighted by molar-refractivity contribution is -0.158. The van der Waals surface area contributed by atoms with Gasteiger partial charge in [-0.1, -0.05) is 0 Å². The molecule has 19 heavy (non-hydrogen) atoms. The number of carboxylic acid groups (broad SMARTS) is 1. The average molecular weight is 269 g/mol. The molecule has 2 bridgehead atoms. The monoisotopic (exact) mass is 269 g/mol. The number of amides is 1. The van der Waals surface area contributed by atoms with Gasteiger partial charge in [-0.25, -0.2) is 4.79 Å². The summed E-state index contributed by atoms with van der Waals surface area (Å²) < 4.78 is 5.23. The maximum absolute atomic E-state index is 11.8. The minimum absolute atomic E-state index is 0.299. The van der Waals surface area contributed by atoms with E-state index in [0.717, 1.165) is 19.3 Å². The van der Waals surface area contributed by atoms with E-state index >= 15 is 0 Å². The largest absolute Gasteiger partial charge is 0.481 e. The first-order valence-corrected chi connectivity index (χ1v) is 6.96. The van der Waals surface area contributed by atoms with Gasteiger partial charge in [0, 0.05) is 6.04 Å². The summed E-state index contributed by atoms with van der Waals surface area (Å²) in [5.41, 5.74) is -1.35. The number of aliphatic carboxylic acids is 1. The number of carbonyl (C=O) groups is 2. The van der Waals surface area contributed by atoms with Gasteiger partial charge in [-0.3, -0.25) is 4.79 Å². The molecule has 2 N–H and O–H groups in total. The average Bonchev–Trinajstić information content (AvgIpc) is 2.27. The van der Waals surface area contributed by atoms with Gasteiger partial charge in [0.05, 0.1) is 5.41 Å². The highest BCUT2D eigenvalue weighted by Crippen LogP contribution is 2.50. The van der Waals surface area contributed by atoms with Crippen molar-refractivity contribution in [1.82, 2.24) is 5.32 Å². The zero-order valence-electron chi connectivity index (χ0n) is 11.9. The topological polar surface area (TPSA) is 75.6 Å². The highest BCUT2D eigenvalue weighted by Gasteiger charge is 2.53. The number of carboxylic acids is 1. The van der Waals surface area contributed by atoms with Gasteiger partial charge in [0.1, 0.15) is 5.60 Å². The first-order valence-electron chi connectivity index (χ1n) is 6.96. The second-order valence-electron chi connectivity index (χ2n) is 6.84. The summed E-state index contributed by atoms with van der Waals surface area (Å²) in [6.45, 7) is 5.39. The number of alkyl carbamates (subject to hydrolysis) is 1. The van der Waals surface area contributed by atoms with Gasteiger partial charge in [-0.2, -0.15) is 0 Å². The summed E-state index contributed by atoms with van der Waals surface area (Å²) in [5.74, 6) is -0.243. The quantitative estimate of drug-likeness (QED) is 0.807. The second kappa shape index (κ2) is 4.69. The van der Waals surface area contributed by atoms with Gasteiger partial charge in [-0.15, -0.1) is 0 Å². The standard InChI is InChI=1S/C14H23NO4/c1-13(2,3)19-12(18)15-10-8-9-4-6-14(10,7-5-9)11(16)17/h9-10H,4-8H2,1-3H3,(H,15,18)(H,16,17). The van der Waals surface area contributed by atoms with Crippen molar-refractivity contribution in [3.05, 3.63) is 0 Å². The smallest absolute Gasteiger partial charge is 0.407 e. The number of hydrogen-bond acceptors (Lipinski definition) is 3. The third kappa shape index (κ3) is 2.85. The van der Waals surface area contributed by atoms with Gasteiger partial charge in [0.15, 0.2) is 0 Å². The molecule has 3 saturated carbocycles. The summed E-state index contributed by atoms with van der Waals surface area (Å²) in [6.07, 6.45) is 3.48. The van der Waals surface area contributed by atoms with E-state index in [1.165, 1.54) is 0 Å². The van der Waals surface area contributed by atoms with E-state index in [-0.39, 0.29) is 6.04 Å². The predicted octanol–water partition coefficient (Wildman–Crippen LogP) is 2.54. The molecule has 0 saturated heterocycles. The lowest BCUT2D eigenvalue weighted by atomic mass is 9.58. The molecule has 1 atom stereocenters. The SMILES string of the molecule is CC(C)(C)OC(=O)NC1CC2CCC1(C(=O)O)CC2. The zero-order valence-corrected chi connectivity index (χ0v) is 11.9. The van der Waals surface area contributed by atoms with Crippen molar-refractivity contribution in [2.75, 3.05) is 0 Å². The molecule has 3 aliphatic carbocycles. The Balaban J connectivity index is 2.07. The van der Waals surface area contributed by atoms with E-state index in [1.54, 1.807) is 20.8 Å². The molecule has 0 aliphatic heterocycles. The van der Waals surface area contributed by atoms with Gasteiger partial charge in [-0.05, 0) is 58.8 Å². The fraction of sp³-hybridized carbons (Fsp3) is 0.857. The molecular weight excluding hydrogens is 246 g/mol. The summed E-state index contributed by atoms with van der Waals surface area (Å²) in [5, 5.41) is 12.3. The summed E-state index contributed by atoms with van der Waals surface area (Å²) in [6, 6.07) is -0.299. The van der Waals surface area contributed by atoms with E-state index in [2.05, 4.69) is 5.32 Å². The molecule has 0 aromatic heterocycles. The Morgan fingerprint density at radius 1 is 1.26 bits per heavy atom. The van der Waals surface area contributed by atoms with Crippen LogP contribution in [0.1, 0.15) is 52.9 Å². The molecule has 3 aliphatic rings. The van der Waals surface area contributed by atoms with Crippen LogP contribution in [0.3, 0.4) is 0 Å². The normalized spacial score (nSPS) is 33.8. The van der Waals surface area contributed by atoms with Crippen LogP contribution in [-0.2, 0) is 9.53 Å². The van der Waals surface area contributed by atoms with Crippen molar-refractivity contribution in [2.24, 2.45) is 11.3 Å². The van der Waals surface area contributed by atoms with Crippen LogP contribution in [0, 0.1) is 11.3 Å². The van der Waals surface area contributed by atoms with Crippen molar-refractivity contribution in [2.45, 2.75) is 64.5 Å². The Bertz CT molecular complexity index is 377. The van der Waals surface area contributed by atoms with Crippen LogP contribution in [-0.4, -0.2) is 28.8 Å². The first-order chi connectivity index (χ1) is 8.73. The molecule has 0 radical (unpaired) electrons. The fourth-order valence-corrected chi connectivity index (χ4v) is 3.35. The molecule has 108 valence electrons. The van der Waals surface area contributed by atoms with E-state index in [1.807, 2.05) is 0 Å². The highest BCUT2D eigenvalue weighted by molar-refractivity contribution is 5.78. The Morgan fingerprint density at radius 3 is 2.32 bits per heavy atom. The van der Waals surface area contributed by atoms with Crippen molar-refractivity contribution in [3.63, 3.8) is 0 Å². The molecular formula is C14H23NO4. The fourth-order valence-electron chi connectivity index (χ4n) is 3.35. The van der Waals surface area contributed by atoms with E-state index < -0.39 is 23.1 Å². The van der Waals surface area contributed by atoms with Crippen molar-refractivity contribution in [3.8, 4) is 0 Å². The summed E-state index contributed by atoms with van der Waals surface area (Å²) >= 11 is 0. The zero-order chi connectivity index (χ0) is 14.3. The minimum atomic E-state index is -0.786. The number of fused-ring (bicyclic) bond motifs is 3. The maximum atomic E-state index is 11.8. The van der Waals surface area contributed by atoms with Crippen LogP contribution < -0.4 is 5.32 Å². The van der Waals surface area contributed by atoms with Crippen LogP contribution in [0.2, 0.25) is 0 Å². The van der Waals surface area contributed by atoms with Crippen LogP contribution in [0.5, 0.6) is 0 Å². The minimum Gasteiger partial charge on any atom is -0.481 e. The molecule has 5 heteroatoms. The molecule has 1 amide bonds. The van der Waals surface area contributed by atoms with E-state index in [0.29, 0.717) is 18.8 Å².